The van der Waals surface area contributed by atoms with E-state index >= 15 is 0 Å². The molecule has 0 aliphatic rings. The number of amides is 2. The van der Waals surface area contributed by atoms with Gasteiger partial charge >= 0.3 is 18.0 Å². The number of rotatable bonds is 5. The third kappa shape index (κ3) is 4.44. The number of hydrogen-bond acceptors (Lipinski definition) is 4. The van der Waals surface area contributed by atoms with E-state index in [1.165, 1.54) is 13.0 Å². The van der Waals surface area contributed by atoms with Crippen molar-refractivity contribution >= 4 is 23.7 Å². The van der Waals surface area contributed by atoms with Gasteiger partial charge in [-0.15, -0.1) is 0 Å². The second-order valence-electron chi connectivity index (χ2n) is 4.04. The lowest BCUT2D eigenvalue weighted by atomic mass is 10.1. The number of para-hydroxylation sites is 1. The number of carboxylic acids is 1. The maximum absolute atomic E-state index is 13.6. The predicted octanol–water partition coefficient (Wildman–Crippen LogP) is 1.60. The molecule has 0 aromatic heterocycles. The molecule has 8 heteroatoms. The number of aromatic carboxylic acids is 1. The molecule has 0 aliphatic heterocycles. The molecule has 3 N–H and O–H groups in total. The third-order valence-corrected chi connectivity index (χ3v) is 2.47. The van der Waals surface area contributed by atoms with Crippen LogP contribution in [-0.2, 0) is 9.53 Å². The summed E-state index contributed by atoms with van der Waals surface area (Å²) in [7, 11) is 0. The summed E-state index contributed by atoms with van der Waals surface area (Å²) in [6.45, 7) is 3.16. The number of nitrogens with one attached hydrogen (secondary N) is 2. The molecule has 1 atom stereocenters. The van der Waals surface area contributed by atoms with Crippen LogP contribution in [0, 0.1) is 5.82 Å². The SMILES string of the molecule is CCOC(=O)C(C)NC(=O)Nc1c(F)cccc1C(=O)O. The van der Waals surface area contributed by atoms with E-state index in [2.05, 4.69) is 10.6 Å². The van der Waals surface area contributed by atoms with Crippen LogP contribution in [0.5, 0.6) is 0 Å². The third-order valence-electron chi connectivity index (χ3n) is 2.47. The molecular weight excluding hydrogens is 283 g/mol. The number of anilines is 1. The van der Waals surface area contributed by atoms with Crippen molar-refractivity contribution in [3.63, 3.8) is 0 Å². The molecule has 1 unspecified atom stereocenters. The highest BCUT2D eigenvalue weighted by Crippen LogP contribution is 2.19. The summed E-state index contributed by atoms with van der Waals surface area (Å²) < 4.78 is 18.3. The normalized spacial score (nSPS) is 11.4. The first-order valence-corrected chi connectivity index (χ1v) is 6.12. The van der Waals surface area contributed by atoms with Crippen molar-refractivity contribution in [2.75, 3.05) is 11.9 Å². The Balaban J connectivity index is 2.80. The Morgan fingerprint density at radius 1 is 1.38 bits per heavy atom. The summed E-state index contributed by atoms with van der Waals surface area (Å²) in [5, 5.41) is 13.2. The molecule has 0 saturated carbocycles. The number of carbonyl (C=O) groups is 3. The van der Waals surface area contributed by atoms with E-state index in [1.807, 2.05) is 0 Å². The van der Waals surface area contributed by atoms with E-state index in [0.29, 0.717) is 0 Å². The quantitative estimate of drug-likeness (QED) is 0.716. The van der Waals surface area contributed by atoms with Crippen LogP contribution in [0.15, 0.2) is 18.2 Å². The van der Waals surface area contributed by atoms with Crippen LogP contribution in [0.25, 0.3) is 0 Å². The summed E-state index contributed by atoms with van der Waals surface area (Å²) in [5.41, 5.74) is -0.868. The van der Waals surface area contributed by atoms with Crippen molar-refractivity contribution in [3.05, 3.63) is 29.6 Å². The Labute approximate surface area is 120 Å². The van der Waals surface area contributed by atoms with Gasteiger partial charge in [-0.25, -0.2) is 18.8 Å². The highest BCUT2D eigenvalue weighted by Gasteiger charge is 2.20. The molecule has 0 saturated heterocycles. The second-order valence-corrected chi connectivity index (χ2v) is 4.04. The lowest BCUT2D eigenvalue weighted by Crippen LogP contribution is -2.42. The second kappa shape index (κ2) is 7.22. The van der Waals surface area contributed by atoms with Crippen LogP contribution in [-0.4, -0.2) is 35.7 Å². The van der Waals surface area contributed by atoms with E-state index in [0.717, 1.165) is 12.1 Å². The number of carbonyl (C=O) groups excluding carboxylic acids is 2. The lowest BCUT2D eigenvalue weighted by Gasteiger charge is -2.14. The summed E-state index contributed by atoms with van der Waals surface area (Å²) in [4.78, 5) is 34.0. The summed E-state index contributed by atoms with van der Waals surface area (Å²) in [5.74, 6) is -2.93. The van der Waals surface area contributed by atoms with Crippen LogP contribution in [0.2, 0.25) is 0 Å². The van der Waals surface area contributed by atoms with Crippen LogP contribution in [0.1, 0.15) is 24.2 Å². The zero-order valence-electron chi connectivity index (χ0n) is 11.5. The topological polar surface area (TPSA) is 105 Å². The Hall–Kier alpha value is -2.64. The smallest absolute Gasteiger partial charge is 0.337 e. The van der Waals surface area contributed by atoms with Crippen molar-refractivity contribution in [2.24, 2.45) is 0 Å². The van der Waals surface area contributed by atoms with Crippen LogP contribution >= 0.6 is 0 Å². The van der Waals surface area contributed by atoms with Crippen molar-refractivity contribution < 1.29 is 28.6 Å². The van der Waals surface area contributed by atoms with Crippen LogP contribution in [0.3, 0.4) is 0 Å². The van der Waals surface area contributed by atoms with Gasteiger partial charge in [0.1, 0.15) is 11.9 Å². The van der Waals surface area contributed by atoms with Gasteiger partial charge in [0, 0.05) is 0 Å². The van der Waals surface area contributed by atoms with Crippen molar-refractivity contribution in [2.45, 2.75) is 19.9 Å². The molecule has 1 aromatic carbocycles. The average Bonchev–Trinajstić information content (AvgIpc) is 2.40. The average molecular weight is 298 g/mol. The fraction of sp³-hybridized carbons (Fsp3) is 0.308. The van der Waals surface area contributed by atoms with Crippen molar-refractivity contribution in [1.29, 1.82) is 0 Å². The molecule has 0 spiro atoms. The molecule has 0 bridgehead atoms. The Morgan fingerprint density at radius 2 is 2.05 bits per heavy atom. The van der Waals surface area contributed by atoms with E-state index in [-0.39, 0.29) is 6.61 Å². The van der Waals surface area contributed by atoms with E-state index in [4.69, 9.17) is 9.84 Å². The molecule has 0 fully saturated rings. The van der Waals surface area contributed by atoms with Gasteiger partial charge in [-0.3, -0.25) is 0 Å². The molecule has 0 heterocycles. The molecule has 1 aromatic rings. The van der Waals surface area contributed by atoms with Crippen LogP contribution in [0.4, 0.5) is 14.9 Å². The summed E-state index contributed by atoms with van der Waals surface area (Å²) >= 11 is 0. The largest absolute Gasteiger partial charge is 0.478 e. The standard InChI is InChI=1S/C13H15FN2O5/c1-3-21-12(19)7(2)15-13(20)16-10-8(11(17)18)5-4-6-9(10)14/h4-7H,3H2,1-2H3,(H,17,18)(H2,15,16,20). The van der Waals surface area contributed by atoms with Crippen LogP contribution < -0.4 is 10.6 Å². The molecule has 0 radical (unpaired) electrons. The highest BCUT2D eigenvalue weighted by molar-refractivity contribution is 6.00. The Bertz CT molecular complexity index is 561. The first kappa shape index (κ1) is 16.4. The fourth-order valence-corrected chi connectivity index (χ4v) is 1.50. The number of benzene rings is 1. The Morgan fingerprint density at radius 3 is 2.62 bits per heavy atom. The minimum Gasteiger partial charge on any atom is -0.478 e. The number of halogens is 1. The maximum atomic E-state index is 13.6. The van der Waals surface area contributed by atoms with Crippen molar-refractivity contribution in [3.8, 4) is 0 Å². The predicted molar refractivity (Wildman–Crippen MR) is 71.6 cm³/mol. The van der Waals surface area contributed by atoms with Gasteiger partial charge in [-0.1, -0.05) is 6.07 Å². The van der Waals surface area contributed by atoms with Gasteiger partial charge < -0.3 is 20.5 Å². The zero-order valence-corrected chi connectivity index (χ0v) is 11.5. The number of ether oxygens (including phenoxy) is 1. The molecular formula is C13H15FN2O5. The highest BCUT2D eigenvalue weighted by atomic mass is 19.1. The van der Waals surface area contributed by atoms with Gasteiger partial charge in [0.25, 0.3) is 0 Å². The minimum atomic E-state index is -1.39. The zero-order chi connectivity index (χ0) is 16.0. The van der Waals surface area contributed by atoms with Crippen molar-refractivity contribution in [1.82, 2.24) is 5.32 Å². The van der Waals surface area contributed by atoms with E-state index < -0.39 is 41.1 Å². The number of esters is 1. The monoisotopic (exact) mass is 298 g/mol. The van der Waals surface area contributed by atoms with Gasteiger partial charge in [0.2, 0.25) is 0 Å². The van der Waals surface area contributed by atoms with Gasteiger partial charge in [-0.05, 0) is 26.0 Å². The summed E-state index contributed by atoms with van der Waals surface area (Å²) in [6, 6.07) is 1.50. The molecule has 114 valence electrons. The molecule has 2 amide bonds. The number of urea groups is 1. The lowest BCUT2D eigenvalue weighted by molar-refractivity contribution is -0.144. The number of carboxylic acid groups (broad SMARTS) is 1. The van der Waals surface area contributed by atoms with E-state index in [1.54, 1.807) is 6.92 Å². The first-order valence-electron chi connectivity index (χ1n) is 6.12. The Kier molecular flexibility index (Phi) is 5.65. The van der Waals surface area contributed by atoms with E-state index in [9.17, 15) is 18.8 Å². The van der Waals surface area contributed by atoms with Gasteiger partial charge in [0.15, 0.2) is 0 Å². The maximum Gasteiger partial charge on any atom is 0.337 e. The fourth-order valence-electron chi connectivity index (χ4n) is 1.50. The molecule has 21 heavy (non-hydrogen) atoms. The van der Waals surface area contributed by atoms with Gasteiger partial charge in [-0.2, -0.15) is 0 Å². The summed E-state index contributed by atoms with van der Waals surface area (Å²) in [6.07, 6.45) is 0. The van der Waals surface area contributed by atoms with Gasteiger partial charge in [0.05, 0.1) is 17.9 Å². The number of hydrogen-bond donors (Lipinski definition) is 3. The molecule has 1 rings (SSSR count). The molecule has 0 aliphatic carbocycles. The first-order chi connectivity index (χ1) is 9.86. The minimum absolute atomic E-state index is 0.156. The molecule has 7 nitrogen and oxygen atoms in total.